The Labute approximate surface area is 176 Å². The van der Waals surface area contributed by atoms with Crippen molar-refractivity contribution in [2.45, 2.75) is 46.9 Å². The highest BCUT2D eigenvalue weighted by Gasteiger charge is 2.37. The number of carbonyl (C=O) groups is 1. The summed E-state index contributed by atoms with van der Waals surface area (Å²) in [6.07, 6.45) is -4.23. The van der Waals surface area contributed by atoms with Crippen LogP contribution in [0.4, 0.5) is 13.2 Å². The third kappa shape index (κ3) is 4.75. The number of carbonyl (C=O) groups excluding carboxylic acids is 1. The molecule has 1 aromatic carbocycles. The standard InChI is InChI=1S/C21H21ClF3N3O2/c1-12-5-6-13(8-15(12)11-30-19(29)20(2,3)4)7-14-9-16(22)28-17(10-14)26-27-18(28)21(23,24)25/h5-6,8-10H,7,11H2,1-4H3. The lowest BCUT2D eigenvalue weighted by Gasteiger charge is -2.17. The summed E-state index contributed by atoms with van der Waals surface area (Å²) < 4.78 is 45.3. The molecule has 30 heavy (non-hydrogen) atoms. The van der Waals surface area contributed by atoms with Crippen molar-refractivity contribution in [1.82, 2.24) is 14.6 Å². The van der Waals surface area contributed by atoms with Crippen molar-refractivity contribution >= 4 is 23.2 Å². The predicted molar refractivity (Wildman–Crippen MR) is 106 cm³/mol. The molecule has 0 aliphatic rings. The summed E-state index contributed by atoms with van der Waals surface area (Å²) in [5.41, 5.74) is 2.86. The van der Waals surface area contributed by atoms with Gasteiger partial charge in [0.15, 0.2) is 5.65 Å². The number of pyridine rings is 1. The number of esters is 1. The zero-order valence-electron chi connectivity index (χ0n) is 17.0. The van der Waals surface area contributed by atoms with Crippen molar-refractivity contribution in [2.75, 3.05) is 0 Å². The zero-order chi connectivity index (χ0) is 22.3. The van der Waals surface area contributed by atoms with Crippen molar-refractivity contribution in [3.63, 3.8) is 0 Å². The number of ether oxygens (including phenoxy) is 1. The number of hydrogen-bond acceptors (Lipinski definition) is 4. The van der Waals surface area contributed by atoms with Crippen LogP contribution in [0.1, 0.15) is 48.8 Å². The van der Waals surface area contributed by atoms with Crippen LogP contribution in [0, 0.1) is 12.3 Å². The van der Waals surface area contributed by atoms with Crippen LogP contribution in [0.15, 0.2) is 30.3 Å². The van der Waals surface area contributed by atoms with Gasteiger partial charge in [-0.15, -0.1) is 10.2 Å². The Morgan fingerprint density at radius 2 is 1.80 bits per heavy atom. The molecule has 3 aromatic rings. The summed E-state index contributed by atoms with van der Waals surface area (Å²) in [5, 5.41) is 6.70. The number of rotatable bonds is 4. The molecular weight excluding hydrogens is 419 g/mol. The second kappa shape index (κ2) is 7.91. The van der Waals surface area contributed by atoms with Crippen LogP contribution in [-0.4, -0.2) is 20.6 Å². The molecule has 0 unspecified atom stereocenters. The number of fused-ring (bicyclic) bond motifs is 1. The summed E-state index contributed by atoms with van der Waals surface area (Å²) >= 11 is 6.09. The van der Waals surface area contributed by atoms with Crippen molar-refractivity contribution in [2.24, 2.45) is 5.41 Å². The van der Waals surface area contributed by atoms with Crippen LogP contribution in [-0.2, 0) is 28.7 Å². The summed E-state index contributed by atoms with van der Waals surface area (Å²) in [5.74, 6) is -1.45. The minimum absolute atomic E-state index is 0.0243. The molecule has 2 aromatic heterocycles. The van der Waals surface area contributed by atoms with E-state index in [4.69, 9.17) is 16.3 Å². The third-order valence-electron chi connectivity index (χ3n) is 4.57. The van der Waals surface area contributed by atoms with Gasteiger partial charge in [0.25, 0.3) is 0 Å². The van der Waals surface area contributed by atoms with E-state index in [2.05, 4.69) is 10.2 Å². The average molecular weight is 440 g/mol. The number of halogens is 4. The lowest BCUT2D eigenvalue weighted by atomic mass is 9.97. The molecule has 0 aliphatic heterocycles. The fourth-order valence-corrected chi connectivity index (χ4v) is 3.20. The Morgan fingerprint density at radius 3 is 2.43 bits per heavy atom. The molecule has 0 saturated heterocycles. The molecule has 0 spiro atoms. The number of hydrogen-bond donors (Lipinski definition) is 0. The summed E-state index contributed by atoms with van der Waals surface area (Å²) in [6, 6.07) is 8.72. The minimum Gasteiger partial charge on any atom is -0.460 e. The number of alkyl halides is 3. The largest absolute Gasteiger partial charge is 0.460 e. The molecule has 160 valence electrons. The molecule has 2 heterocycles. The number of benzene rings is 1. The Kier molecular flexibility index (Phi) is 5.82. The molecule has 3 rings (SSSR count). The van der Waals surface area contributed by atoms with Gasteiger partial charge in [-0.25, -0.2) is 0 Å². The molecule has 0 atom stereocenters. The molecule has 5 nitrogen and oxygen atoms in total. The first kappa shape index (κ1) is 22.1. The maximum absolute atomic E-state index is 13.0. The lowest BCUT2D eigenvalue weighted by molar-refractivity contribution is -0.154. The smallest absolute Gasteiger partial charge is 0.452 e. The van der Waals surface area contributed by atoms with Crippen molar-refractivity contribution < 1.29 is 22.7 Å². The van der Waals surface area contributed by atoms with Gasteiger partial charge >= 0.3 is 12.1 Å². The Morgan fingerprint density at radius 1 is 1.10 bits per heavy atom. The quantitative estimate of drug-likeness (QED) is 0.404. The van der Waals surface area contributed by atoms with E-state index >= 15 is 0 Å². The van der Waals surface area contributed by atoms with Crippen LogP contribution in [0.5, 0.6) is 0 Å². The molecule has 0 amide bonds. The molecule has 9 heteroatoms. The van der Waals surface area contributed by atoms with Gasteiger partial charge in [-0.05, 0) is 68.5 Å². The maximum atomic E-state index is 13.0. The van der Waals surface area contributed by atoms with Gasteiger partial charge in [0.1, 0.15) is 11.8 Å². The molecule has 0 fully saturated rings. The van der Waals surface area contributed by atoms with Gasteiger partial charge in [-0.3, -0.25) is 9.20 Å². The van der Waals surface area contributed by atoms with Gasteiger partial charge in [-0.1, -0.05) is 29.8 Å². The molecule has 0 radical (unpaired) electrons. The highest BCUT2D eigenvalue weighted by molar-refractivity contribution is 6.29. The minimum atomic E-state index is -4.65. The second-order valence-electron chi connectivity index (χ2n) is 8.17. The van der Waals surface area contributed by atoms with Crippen molar-refractivity contribution in [3.8, 4) is 0 Å². The van der Waals surface area contributed by atoms with Gasteiger partial charge in [0.05, 0.1) is 5.41 Å². The van der Waals surface area contributed by atoms with Crippen molar-refractivity contribution in [3.05, 3.63) is 63.6 Å². The number of aromatic nitrogens is 3. The predicted octanol–water partition coefficient (Wildman–Crippen LogP) is 5.39. The first-order valence-corrected chi connectivity index (χ1v) is 9.60. The molecular formula is C21H21ClF3N3O2. The maximum Gasteiger partial charge on any atom is 0.452 e. The first-order valence-electron chi connectivity index (χ1n) is 9.22. The molecule has 0 N–H and O–H groups in total. The monoisotopic (exact) mass is 439 g/mol. The van der Waals surface area contributed by atoms with E-state index < -0.39 is 17.4 Å². The number of aryl methyl sites for hydroxylation is 1. The van der Waals surface area contributed by atoms with Crippen LogP contribution in [0.3, 0.4) is 0 Å². The average Bonchev–Trinajstić information content (AvgIpc) is 3.06. The summed E-state index contributed by atoms with van der Waals surface area (Å²) in [4.78, 5) is 12.0. The highest BCUT2D eigenvalue weighted by atomic mass is 35.5. The van der Waals surface area contributed by atoms with E-state index in [1.807, 2.05) is 25.1 Å². The van der Waals surface area contributed by atoms with Crippen LogP contribution >= 0.6 is 11.6 Å². The fourth-order valence-electron chi connectivity index (χ4n) is 2.90. The van der Waals surface area contributed by atoms with E-state index in [1.54, 1.807) is 20.8 Å². The van der Waals surface area contributed by atoms with Crippen molar-refractivity contribution in [1.29, 1.82) is 0 Å². The Hall–Kier alpha value is -2.61. The van der Waals surface area contributed by atoms with E-state index in [-0.39, 0.29) is 23.4 Å². The second-order valence-corrected chi connectivity index (χ2v) is 8.55. The summed E-state index contributed by atoms with van der Waals surface area (Å²) in [7, 11) is 0. The topological polar surface area (TPSA) is 56.5 Å². The zero-order valence-corrected chi connectivity index (χ0v) is 17.7. The van der Waals surface area contributed by atoms with Gasteiger partial charge < -0.3 is 4.74 Å². The summed E-state index contributed by atoms with van der Waals surface area (Å²) in [6.45, 7) is 7.42. The van der Waals surface area contributed by atoms with Gasteiger partial charge in [0, 0.05) is 0 Å². The van der Waals surface area contributed by atoms with Gasteiger partial charge in [-0.2, -0.15) is 13.2 Å². The fraction of sp³-hybridized carbons (Fsp3) is 0.381. The SMILES string of the molecule is Cc1ccc(Cc2cc(Cl)n3c(C(F)(F)F)nnc3c2)cc1COC(=O)C(C)(C)C. The van der Waals surface area contributed by atoms with Crippen LogP contribution in [0.2, 0.25) is 5.15 Å². The van der Waals surface area contributed by atoms with E-state index in [0.717, 1.165) is 21.1 Å². The molecule has 0 saturated carbocycles. The Bertz CT molecular complexity index is 1100. The van der Waals surface area contributed by atoms with Crippen LogP contribution < -0.4 is 0 Å². The molecule has 0 bridgehead atoms. The lowest BCUT2D eigenvalue weighted by Crippen LogP contribution is -2.22. The van der Waals surface area contributed by atoms with Gasteiger partial charge in [0.2, 0.25) is 5.82 Å². The first-order chi connectivity index (χ1) is 13.9. The van der Waals surface area contributed by atoms with E-state index in [0.29, 0.717) is 12.0 Å². The number of nitrogens with zero attached hydrogens (tertiary/aromatic N) is 3. The highest BCUT2D eigenvalue weighted by Crippen LogP contribution is 2.30. The Balaban J connectivity index is 1.84. The van der Waals surface area contributed by atoms with E-state index in [9.17, 15) is 18.0 Å². The van der Waals surface area contributed by atoms with Crippen LogP contribution in [0.25, 0.3) is 5.65 Å². The molecule has 0 aliphatic carbocycles. The van der Waals surface area contributed by atoms with E-state index in [1.165, 1.54) is 12.1 Å². The third-order valence-corrected chi connectivity index (χ3v) is 4.85. The normalized spacial score (nSPS) is 12.4.